The van der Waals surface area contributed by atoms with E-state index in [2.05, 4.69) is 36.9 Å². The van der Waals surface area contributed by atoms with E-state index in [0.717, 1.165) is 32.3 Å². The van der Waals surface area contributed by atoms with Crippen LogP contribution in [0.3, 0.4) is 0 Å². The van der Waals surface area contributed by atoms with Crippen LogP contribution in [0.4, 0.5) is 10.9 Å². The van der Waals surface area contributed by atoms with E-state index in [9.17, 15) is 0 Å². The number of nitrogens with one attached hydrogen (secondary N) is 1. The van der Waals surface area contributed by atoms with Gasteiger partial charge in [-0.2, -0.15) is 0 Å². The summed E-state index contributed by atoms with van der Waals surface area (Å²) >= 11 is 5.10. The van der Waals surface area contributed by atoms with E-state index in [4.69, 9.17) is 5.73 Å². The number of nitrogens with two attached hydrogens (primary N) is 1. The Bertz CT molecular complexity index is 704. The van der Waals surface area contributed by atoms with Crippen LogP contribution in [-0.2, 0) is 6.54 Å². The summed E-state index contributed by atoms with van der Waals surface area (Å²) in [5.41, 5.74) is 7.78. The lowest BCUT2D eigenvalue weighted by Crippen LogP contribution is -2.11. The Labute approximate surface area is 123 Å². The highest BCUT2D eigenvalue weighted by molar-refractivity contribution is 9.11. The van der Waals surface area contributed by atoms with E-state index >= 15 is 0 Å². The molecule has 0 bridgehead atoms. The second-order valence-electron chi connectivity index (χ2n) is 4.09. The van der Waals surface area contributed by atoms with Crippen molar-refractivity contribution >= 4 is 49.2 Å². The quantitative estimate of drug-likeness (QED) is 0.765. The number of para-hydroxylation sites is 2. The van der Waals surface area contributed by atoms with Gasteiger partial charge in [-0.25, -0.2) is 4.98 Å². The molecule has 0 atom stereocenters. The van der Waals surface area contributed by atoms with Crippen molar-refractivity contribution in [3.63, 3.8) is 0 Å². The first-order valence-corrected chi connectivity index (χ1v) is 7.56. The summed E-state index contributed by atoms with van der Waals surface area (Å²) < 4.78 is 3.21. The number of hydrogen-bond acceptors (Lipinski definition) is 4. The van der Waals surface area contributed by atoms with Gasteiger partial charge in [-0.15, -0.1) is 11.3 Å². The van der Waals surface area contributed by atoms with Crippen molar-refractivity contribution in [2.24, 2.45) is 5.73 Å². The maximum absolute atomic E-state index is 5.70. The Morgan fingerprint density at radius 3 is 2.84 bits per heavy atom. The highest BCUT2D eigenvalue weighted by Crippen LogP contribution is 2.30. The number of anilines is 2. The molecule has 3 rings (SSSR count). The Morgan fingerprint density at radius 2 is 2.11 bits per heavy atom. The molecule has 0 aliphatic rings. The van der Waals surface area contributed by atoms with Crippen LogP contribution in [0.1, 0.15) is 0 Å². The number of imidazole rings is 1. The summed E-state index contributed by atoms with van der Waals surface area (Å²) in [6, 6.07) is 12.1. The molecule has 0 unspecified atom stereocenters. The van der Waals surface area contributed by atoms with E-state index in [0.29, 0.717) is 6.54 Å². The maximum atomic E-state index is 5.70. The molecular formula is C13H13BrN4S. The first-order valence-electron chi connectivity index (χ1n) is 5.95. The highest BCUT2D eigenvalue weighted by Gasteiger charge is 2.10. The first kappa shape index (κ1) is 12.7. The molecule has 0 saturated heterocycles. The van der Waals surface area contributed by atoms with Crippen molar-refractivity contribution < 1.29 is 0 Å². The molecule has 3 N–H and O–H groups in total. The number of fused-ring (bicyclic) bond motifs is 1. The van der Waals surface area contributed by atoms with Crippen LogP contribution in [0.2, 0.25) is 0 Å². The Hall–Kier alpha value is -1.37. The zero-order chi connectivity index (χ0) is 13.2. The van der Waals surface area contributed by atoms with Crippen LogP contribution < -0.4 is 11.1 Å². The maximum Gasteiger partial charge on any atom is 0.209 e. The van der Waals surface area contributed by atoms with Crippen LogP contribution in [0.5, 0.6) is 0 Å². The molecule has 1 aromatic carbocycles. The number of aromatic nitrogens is 2. The van der Waals surface area contributed by atoms with Gasteiger partial charge in [0.2, 0.25) is 5.95 Å². The van der Waals surface area contributed by atoms with Gasteiger partial charge in [0, 0.05) is 13.1 Å². The topological polar surface area (TPSA) is 55.9 Å². The smallest absolute Gasteiger partial charge is 0.209 e. The lowest BCUT2D eigenvalue weighted by Gasteiger charge is -2.08. The highest BCUT2D eigenvalue weighted by atomic mass is 79.9. The number of nitrogens with zero attached hydrogens (tertiary/aromatic N) is 2. The molecule has 0 amide bonds. The van der Waals surface area contributed by atoms with E-state index < -0.39 is 0 Å². The van der Waals surface area contributed by atoms with Gasteiger partial charge in [-0.3, -0.25) is 0 Å². The summed E-state index contributed by atoms with van der Waals surface area (Å²) in [4.78, 5) is 4.62. The lowest BCUT2D eigenvalue weighted by atomic mass is 10.3. The standard InChI is InChI=1S/C13H13BrN4S/c14-11-5-6-12(19-11)17-13-16-9-3-1-2-4-10(9)18(13)8-7-15/h1-6H,7-8,15H2,(H,16,17). The number of benzene rings is 1. The second kappa shape index (κ2) is 5.32. The predicted molar refractivity (Wildman–Crippen MR) is 84.1 cm³/mol. The molecule has 0 spiro atoms. The first-order chi connectivity index (χ1) is 9.28. The monoisotopic (exact) mass is 336 g/mol. The number of rotatable bonds is 4. The van der Waals surface area contributed by atoms with Crippen molar-refractivity contribution in [2.75, 3.05) is 11.9 Å². The lowest BCUT2D eigenvalue weighted by molar-refractivity contribution is 0.737. The van der Waals surface area contributed by atoms with Crippen LogP contribution in [-0.4, -0.2) is 16.1 Å². The Kier molecular flexibility index (Phi) is 3.54. The Balaban J connectivity index is 2.04. The molecule has 3 aromatic rings. The van der Waals surface area contributed by atoms with E-state index in [-0.39, 0.29) is 0 Å². The van der Waals surface area contributed by atoms with Gasteiger partial charge in [-0.05, 0) is 40.2 Å². The average Bonchev–Trinajstić information content (AvgIpc) is 2.96. The number of halogens is 1. The van der Waals surface area contributed by atoms with Crippen LogP contribution in [0.25, 0.3) is 11.0 Å². The van der Waals surface area contributed by atoms with Crippen LogP contribution in [0.15, 0.2) is 40.2 Å². The third kappa shape index (κ3) is 2.51. The van der Waals surface area contributed by atoms with Gasteiger partial charge < -0.3 is 15.6 Å². The molecule has 0 fully saturated rings. The molecule has 98 valence electrons. The summed E-state index contributed by atoms with van der Waals surface area (Å²) in [7, 11) is 0. The average molecular weight is 337 g/mol. The Morgan fingerprint density at radius 1 is 1.26 bits per heavy atom. The van der Waals surface area contributed by atoms with Crippen molar-refractivity contribution in [3.05, 3.63) is 40.2 Å². The number of hydrogen-bond donors (Lipinski definition) is 2. The summed E-state index contributed by atoms with van der Waals surface area (Å²) in [6.45, 7) is 1.33. The fraction of sp³-hybridized carbons (Fsp3) is 0.154. The molecule has 2 heterocycles. The largest absolute Gasteiger partial charge is 0.329 e. The number of thiophene rings is 1. The molecule has 0 saturated carbocycles. The predicted octanol–water partition coefficient (Wildman–Crippen LogP) is 3.56. The minimum atomic E-state index is 0.586. The minimum absolute atomic E-state index is 0.586. The molecule has 0 radical (unpaired) electrons. The van der Waals surface area contributed by atoms with Gasteiger partial charge in [0.25, 0.3) is 0 Å². The van der Waals surface area contributed by atoms with Gasteiger partial charge in [0.05, 0.1) is 19.8 Å². The molecule has 19 heavy (non-hydrogen) atoms. The zero-order valence-electron chi connectivity index (χ0n) is 10.1. The molecule has 0 aliphatic carbocycles. The van der Waals surface area contributed by atoms with Gasteiger partial charge in [0.15, 0.2) is 0 Å². The van der Waals surface area contributed by atoms with Crippen LogP contribution >= 0.6 is 27.3 Å². The van der Waals surface area contributed by atoms with E-state index in [1.54, 1.807) is 11.3 Å². The van der Waals surface area contributed by atoms with Crippen molar-refractivity contribution in [2.45, 2.75) is 6.54 Å². The zero-order valence-corrected chi connectivity index (χ0v) is 12.5. The second-order valence-corrected chi connectivity index (χ2v) is 6.56. The fourth-order valence-corrected chi connectivity index (χ4v) is 3.30. The summed E-state index contributed by atoms with van der Waals surface area (Å²) in [5.74, 6) is 0.834. The third-order valence-corrected chi connectivity index (χ3v) is 4.35. The molecule has 4 nitrogen and oxygen atoms in total. The molecule has 6 heteroatoms. The van der Waals surface area contributed by atoms with Crippen molar-refractivity contribution in [1.29, 1.82) is 0 Å². The molecule has 0 aliphatic heterocycles. The summed E-state index contributed by atoms with van der Waals surface area (Å²) in [5, 5.41) is 4.41. The fourth-order valence-electron chi connectivity index (χ4n) is 2.02. The van der Waals surface area contributed by atoms with Gasteiger partial charge in [-0.1, -0.05) is 12.1 Å². The molecular weight excluding hydrogens is 324 g/mol. The van der Waals surface area contributed by atoms with Gasteiger partial charge in [0.1, 0.15) is 0 Å². The van der Waals surface area contributed by atoms with Crippen LogP contribution in [0, 0.1) is 0 Å². The van der Waals surface area contributed by atoms with Gasteiger partial charge >= 0.3 is 0 Å². The minimum Gasteiger partial charge on any atom is -0.329 e. The molecule has 2 aromatic heterocycles. The third-order valence-electron chi connectivity index (χ3n) is 2.82. The SMILES string of the molecule is NCCn1c(Nc2ccc(Br)s2)nc2ccccc21. The normalized spacial score (nSPS) is 11.1. The van der Waals surface area contributed by atoms with E-state index in [1.165, 1.54) is 0 Å². The van der Waals surface area contributed by atoms with Crippen molar-refractivity contribution in [1.82, 2.24) is 9.55 Å². The van der Waals surface area contributed by atoms with E-state index in [1.807, 2.05) is 30.3 Å². The summed E-state index contributed by atoms with van der Waals surface area (Å²) in [6.07, 6.45) is 0. The van der Waals surface area contributed by atoms with Crippen molar-refractivity contribution in [3.8, 4) is 0 Å².